The van der Waals surface area contributed by atoms with Crippen LogP contribution in [0.5, 0.6) is 5.75 Å². The maximum Gasteiger partial charge on any atom is 0.343 e. The molecule has 2 aromatic carbocycles. The minimum absolute atomic E-state index is 0.0959. The minimum Gasteiger partial charge on any atom is -0.481 e. The average Bonchev–Trinajstić information content (AvgIpc) is 2.67. The number of carbonyl (C=O) groups excluding carboxylic acids is 1. The summed E-state index contributed by atoms with van der Waals surface area (Å²) in [6.07, 6.45) is 0. The van der Waals surface area contributed by atoms with E-state index in [4.69, 9.17) is 4.74 Å². The number of nitrogens with zero attached hydrogens (tertiary/aromatic N) is 1. The lowest BCUT2D eigenvalue weighted by atomic mass is 10.0. The molecule has 1 aliphatic heterocycles. The molecule has 1 saturated heterocycles. The number of rotatable bonds is 5. The molecule has 0 saturated carbocycles. The van der Waals surface area contributed by atoms with Gasteiger partial charge >= 0.3 is 5.97 Å². The summed E-state index contributed by atoms with van der Waals surface area (Å²) in [6.45, 7) is 3.77. The molecule has 0 aliphatic carbocycles. The van der Waals surface area contributed by atoms with Crippen molar-refractivity contribution in [2.75, 3.05) is 44.8 Å². The highest BCUT2D eigenvalue weighted by Crippen LogP contribution is 2.34. The van der Waals surface area contributed by atoms with Gasteiger partial charge in [-0.25, -0.2) is 4.79 Å². The van der Waals surface area contributed by atoms with Crippen molar-refractivity contribution in [2.24, 2.45) is 0 Å². The largest absolute Gasteiger partial charge is 0.481 e. The third-order valence-corrected chi connectivity index (χ3v) is 4.11. The van der Waals surface area contributed by atoms with Gasteiger partial charge in [-0.1, -0.05) is 30.3 Å². The van der Waals surface area contributed by atoms with Crippen LogP contribution in [0, 0.1) is 0 Å². The number of methoxy groups -OCH3 is 1. The Kier molecular flexibility index (Phi) is 5.33. The molecular weight excluding hydrogens is 304 g/mol. The topological polar surface area (TPSA) is 50.8 Å². The predicted molar refractivity (Wildman–Crippen MR) is 94.5 cm³/mol. The van der Waals surface area contributed by atoms with Gasteiger partial charge in [-0.2, -0.15) is 0 Å². The molecule has 0 atom stereocenters. The van der Waals surface area contributed by atoms with Gasteiger partial charge in [0.15, 0.2) is 6.61 Å². The van der Waals surface area contributed by atoms with Crippen LogP contribution in [-0.2, 0) is 9.53 Å². The van der Waals surface area contributed by atoms with Gasteiger partial charge in [-0.05, 0) is 17.7 Å². The van der Waals surface area contributed by atoms with Crippen molar-refractivity contribution in [1.82, 2.24) is 5.32 Å². The third-order valence-electron chi connectivity index (χ3n) is 4.11. The Hall–Kier alpha value is -2.53. The molecule has 0 amide bonds. The summed E-state index contributed by atoms with van der Waals surface area (Å²) in [6, 6.07) is 16.2. The van der Waals surface area contributed by atoms with E-state index in [9.17, 15) is 4.79 Å². The lowest BCUT2D eigenvalue weighted by Crippen LogP contribution is -2.43. The molecule has 1 heterocycles. The molecule has 5 nitrogen and oxygen atoms in total. The van der Waals surface area contributed by atoms with Crippen molar-refractivity contribution < 1.29 is 14.3 Å². The zero-order valence-electron chi connectivity index (χ0n) is 13.8. The van der Waals surface area contributed by atoms with Gasteiger partial charge in [0.05, 0.1) is 7.11 Å². The average molecular weight is 326 g/mol. The lowest BCUT2D eigenvalue weighted by molar-refractivity contribution is -0.142. The Bertz CT molecular complexity index is 682. The summed E-state index contributed by atoms with van der Waals surface area (Å²) in [5.41, 5.74) is 3.14. The van der Waals surface area contributed by atoms with E-state index in [-0.39, 0.29) is 12.6 Å². The molecule has 24 heavy (non-hydrogen) atoms. The Morgan fingerprint density at radius 2 is 1.88 bits per heavy atom. The van der Waals surface area contributed by atoms with Crippen LogP contribution in [0.2, 0.25) is 0 Å². The number of nitrogens with one attached hydrogen (secondary N) is 1. The number of carbonyl (C=O) groups is 1. The van der Waals surface area contributed by atoms with Crippen molar-refractivity contribution in [3.8, 4) is 16.9 Å². The monoisotopic (exact) mass is 326 g/mol. The smallest absolute Gasteiger partial charge is 0.343 e. The molecule has 3 rings (SSSR count). The number of ether oxygens (including phenoxy) is 2. The maximum absolute atomic E-state index is 11.5. The number of esters is 1. The summed E-state index contributed by atoms with van der Waals surface area (Å²) in [7, 11) is 1.36. The van der Waals surface area contributed by atoms with Crippen LogP contribution in [0.15, 0.2) is 48.5 Å². The fourth-order valence-electron chi connectivity index (χ4n) is 2.80. The van der Waals surface area contributed by atoms with E-state index in [2.05, 4.69) is 27.1 Å². The van der Waals surface area contributed by atoms with Crippen LogP contribution in [0.25, 0.3) is 11.1 Å². The highest BCUT2D eigenvalue weighted by molar-refractivity contribution is 5.75. The zero-order chi connectivity index (χ0) is 16.8. The molecule has 0 bridgehead atoms. The first-order valence-electron chi connectivity index (χ1n) is 8.12. The molecule has 0 spiro atoms. The number of benzene rings is 2. The fraction of sp³-hybridized carbons (Fsp3) is 0.316. The molecule has 1 fully saturated rings. The van der Waals surface area contributed by atoms with Gasteiger partial charge in [0.2, 0.25) is 0 Å². The van der Waals surface area contributed by atoms with Gasteiger partial charge in [-0.3, -0.25) is 0 Å². The zero-order valence-corrected chi connectivity index (χ0v) is 13.8. The van der Waals surface area contributed by atoms with Crippen LogP contribution >= 0.6 is 0 Å². The van der Waals surface area contributed by atoms with Gasteiger partial charge in [-0.15, -0.1) is 0 Å². The second-order valence-electron chi connectivity index (χ2n) is 5.65. The normalized spacial score (nSPS) is 14.3. The van der Waals surface area contributed by atoms with Gasteiger partial charge in [0.25, 0.3) is 0 Å². The predicted octanol–water partition coefficient (Wildman–Crippen LogP) is 2.32. The van der Waals surface area contributed by atoms with E-state index in [0.29, 0.717) is 5.75 Å². The number of piperazine rings is 1. The first-order chi connectivity index (χ1) is 11.8. The Morgan fingerprint density at radius 3 is 2.58 bits per heavy atom. The van der Waals surface area contributed by atoms with Crippen LogP contribution < -0.4 is 15.0 Å². The van der Waals surface area contributed by atoms with E-state index < -0.39 is 0 Å². The molecule has 1 aliphatic rings. The molecule has 0 unspecified atom stereocenters. The van der Waals surface area contributed by atoms with Crippen molar-refractivity contribution in [3.05, 3.63) is 48.5 Å². The minimum atomic E-state index is -0.387. The third kappa shape index (κ3) is 3.86. The first-order valence-corrected chi connectivity index (χ1v) is 8.12. The molecular formula is C19H22N2O3. The Morgan fingerprint density at radius 1 is 1.12 bits per heavy atom. The molecule has 0 aromatic heterocycles. The van der Waals surface area contributed by atoms with Crippen LogP contribution in [0.4, 0.5) is 5.69 Å². The fourth-order valence-corrected chi connectivity index (χ4v) is 2.80. The van der Waals surface area contributed by atoms with Gasteiger partial charge < -0.3 is 19.7 Å². The number of hydrogen-bond donors (Lipinski definition) is 1. The highest BCUT2D eigenvalue weighted by atomic mass is 16.6. The molecule has 5 heteroatoms. The van der Waals surface area contributed by atoms with Crippen molar-refractivity contribution in [2.45, 2.75) is 0 Å². The van der Waals surface area contributed by atoms with Gasteiger partial charge in [0, 0.05) is 43.5 Å². The standard InChI is InChI=1S/C19H22N2O3/c1-23-19(22)14-24-18-13-16(21-11-9-20-10-12-21)7-8-17(18)15-5-3-2-4-6-15/h2-8,13,20H,9-12,14H2,1H3. The molecule has 1 N–H and O–H groups in total. The van der Waals surface area contributed by atoms with Crippen molar-refractivity contribution in [3.63, 3.8) is 0 Å². The van der Waals surface area contributed by atoms with E-state index in [1.54, 1.807) is 0 Å². The van der Waals surface area contributed by atoms with Crippen LogP contribution in [0.3, 0.4) is 0 Å². The summed E-state index contributed by atoms with van der Waals surface area (Å²) < 4.78 is 10.4. The molecule has 126 valence electrons. The maximum atomic E-state index is 11.5. The lowest BCUT2D eigenvalue weighted by Gasteiger charge is -2.30. The summed E-state index contributed by atoms with van der Waals surface area (Å²) in [5.74, 6) is 0.309. The molecule has 0 radical (unpaired) electrons. The van der Waals surface area contributed by atoms with E-state index in [1.807, 2.05) is 36.4 Å². The quantitative estimate of drug-likeness (QED) is 0.855. The van der Waals surface area contributed by atoms with Crippen molar-refractivity contribution >= 4 is 11.7 Å². The van der Waals surface area contributed by atoms with Gasteiger partial charge in [0.1, 0.15) is 5.75 Å². The first kappa shape index (κ1) is 16.3. The second-order valence-corrected chi connectivity index (χ2v) is 5.65. The Balaban J connectivity index is 1.90. The number of anilines is 1. The highest BCUT2D eigenvalue weighted by Gasteiger charge is 2.15. The van der Waals surface area contributed by atoms with Crippen molar-refractivity contribution in [1.29, 1.82) is 0 Å². The SMILES string of the molecule is COC(=O)COc1cc(N2CCNCC2)ccc1-c1ccccc1. The second kappa shape index (κ2) is 7.84. The number of hydrogen-bond acceptors (Lipinski definition) is 5. The van der Waals surface area contributed by atoms with Crippen LogP contribution in [0.1, 0.15) is 0 Å². The Labute approximate surface area is 142 Å². The van der Waals surface area contributed by atoms with E-state index in [1.165, 1.54) is 7.11 Å². The summed E-state index contributed by atoms with van der Waals surface area (Å²) in [5, 5.41) is 3.35. The summed E-state index contributed by atoms with van der Waals surface area (Å²) in [4.78, 5) is 13.8. The molecule has 2 aromatic rings. The summed E-state index contributed by atoms with van der Waals surface area (Å²) >= 11 is 0. The van der Waals surface area contributed by atoms with E-state index >= 15 is 0 Å². The van der Waals surface area contributed by atoms with E-state index in [0.717, 1.165) is 43.0 Å². The van der Waals surface area contributed by atoms with Crippen LogP contribution in [-0.4, -0.2) is 45.9 Å².